The lowest BCUT2D eigenvalue weighted by Crippen LogP contribution is -2.75. The molecule has 11 nitrogen and oxygen atoms in total. The molecule has 5 rings (SSSR count). The molecule has 0 aliphatic carbocycles. The highest BCUT2D eigenvalue weighted by atomic mass is 16.5. The number of benzene rings is 3. The van der Waals surface area contributed by atoms with Crippen LogP contribution in [0.2, 0.25) is 0 Å². The number of aromatic hydroxyl groups is 1. The van der Waals surface area contributed by atoms with Crippen LogP contribution in [0.5, 0.6) is 23.0 Å². The van der Waals surface area contributed by atoms with Crippen LogP contribution in [-0.4, -0.2) is 95.8 Å². The fourth-order valence-corrected chi connectivity index (χ4v) is 6.26. The Labute approximate surface area is 269 Å². The molecule has 0 bridgehead atoms. The second kappa shape index (κ2) is 14.4. The Hall–Kier alpha value is -5.03. The van der Waals surface area contributed by atoms with E-state index in [2.05, 4.69) is 6.58 Å². The summed E-state index contributed by atoms with van der Waals surface area (Å²) in [6.45, 7) is 4.30. The van der Waals surface area contributed by atoms with Crippen molar-refractivity contribution >= 4 is 17.7 Å². The van der Waals surface area contributed by atoms with Crippen LogP contribution >= 0.6 is 0 Å². The molecule has 2 fully saturated rings. The van der Waals surface area contributed by atoms with Gasteiger partial charge in [0.2, 0.25) is 23.5 Å². The van der Waals surface area contributed by atoms with Crippen LogP contribution < -0.4 is 14.2 Å². The maximum Gasteiger partial charge on any atom is 0.246 e. The average Bonchev–Trinajstić information content (AvgIpc) is 3.06. The van der Waals surface area contributed by atoms with E-state index in [0.717, 1.165) is 11.1 Å². The zero-order valence-electron chi connectivity index (χ0n) is 26.4. The summed E-state index contributed by atoms with van der Waals surface area (Å²) in [7, 11) is 4.57. The fraction of sp³-hybridized carbons (Fsp3) is 0.343. The second-order valence-corrected chi connectivity index (χ2v) is 11.2. The first kappa shape index (κ1) is 32.4. The van der Waals surface area contributed by atoms with E-state index < -0.39 is 12.2 Å². The lowest BCUT2D eigenvalue weighted by molar-refractivity contribution is -0.205. The van der Waals surface area contributed by atoms with Gasteiger partial charge in [-0.25, -0.2) is 10.0 Å². The molecule has 0 unspecified atom stereocenters. The van der Waals surface area contributed by atoms with Gasteiger partial charge >= 0.3 is 0 Å². The van der Waals surface area contributed by atoms with Gasteiger partial charge in [-0.2, -0.15) is 0 Å². The molecule has 0 aromatic heterocycles. The van der Waals surface area contributed by atoms with Gasteiger partial charge in [0.1, 0.15) is 18.0 Å². The quantitative estimate of drug-likeness (QED) is 0.304. The van der Waals surface area contributed by atoms with E-state index in [4.69, 9.17) is 14.2 Å². The summed E-state index contributed by atoms with van der Waals surface area (Å²) in [6, 6.07) is 19.0. The summed E-state index contributed by atoms with van der Waals surface area (Å²) < 4.78 is 16.7. The second-order valence-electron chi connectivity index (χ2n) is 11.2. The zero-order chi connectivity index (χ0) is 32.8. The molecule has 1 N–H and O–H groups in total. The molecule has 2 saturated heterocycles. The minimum absolute atomic E-state index is 0.0670. The van der Waals surface area contributed by atoms with Gasteiger partial charge in [-0.15, -0.1) is 6.58 Å². The number of hydrazine groups is 1. The molecule has 2 atom stereocenters. The minimum Gasteiger partial charge on any atom is -0.508 e. The summed E-state index contributed by atoms with van der Waals surface area (Å²) in [5, 5.41) is 13.2. The van der Waals surface area contributed by atoms with E-state index in [1.165, 1.54) is 21.3 Å². The van der Waals surface area contributed by atoms with Crippen molar-refractivity contribution in [3.8, 4) is 23.0 Å². The first-order valence-corrected chi connectivity index (χ1v) is 15.2. The normalized spacial score (nSPS) is 18.3. The summed E-state index contributed by atoms with van der Waals surface area (Å²) in [6.07, 6.45) is 1.86. The number of hydrogen-bond acceptors (Lipinski definition) is 8. The predicted molar refractivity (Wildman–Crippen MR) is 171 cm³/mol. The number of hydrogen-bond donors (Lipinski definition) is 1. The SMILES string of the molecule is C=CCN1CC(=O)N2[C@@H](Cc3ccc(O)cc3)C(=O)N(Cc3ccc(OC)c(OC)c3OC)C[C@@H]2N1C(=O)CCc1ccccc1. The topological polar surface area (TPSA) is 112 Å². The van der Waals surface area contributed by atoms with Crippen LogP contribution in [-0.2, 0) is 33.8 Å². The van der Waals surface area contributed by atoms with E-state index in [9.17, 15) is 19.5 Å². The fourth-order valence-electron chi connectivity index (χ4n) is 6.26. The monoisotopic (exact) mass is 628 g/mol. The van der Waals surface area contributed by atoms with Crippen molar-refractivity contribution in [2.24, 2.45) is 0 Å². The molecule has 0 spiro atoms. The number of aryl methyl sites for hydroxylation is 1. The highest BCUT2D eigenvalue weighted by molar-refractivity contribution is 5.92. The van der Waals surface area contributed by atoms with E-state index in [1.54, 1.807) is 56.2 Å². The number of phenols is 1. The molecular formula is C35H40N4O7. The van der Waals surface area contributed by atoms with Crippen molar-refractivity contribution in [3.63, 3.8) is 0 Å². The molecule has 0 radical (unpaired) electrons. The van der Waals surface area contributed by atoms with Gasteiger partial charge in [0.15, 0.2) is 11.5 Å². The van der Waals surface area contributed by atoms with Crippen LogP contribution in [0.1, 0.15) is 23.1 Å². The van der Waals surface area contributed by atoms with Gasteiger partial charge in [-0.1, -0.05) is 48.5 Å². The molecule has 242 valence electrons. The Kier molecular flexibility index (Phi) is 10.1. The Balaban J connectivity index is 1.54. The molecular weight excluding hydrogens is 588 g/mol. The standard InChI is InChI=1S/C35H40N4O7/c1-5-19-37-23-32(42)38-28(20-25-11-15-27(40)16-12-25)35(43)36(21-26-14-17-29(44-2)34(46-4)33(26)45-3)22-30(38)39(37)31(41)18-13-24-9-7-6-8-10-24/h5-12,14-17,28,30,40H,1,13,18-23H2,2-4H3/t28-,30-/m0/s1. The Morgan fingerprint density at radius 2 is 1.65 bits per heavy atom. The molecule has 2 heterocycles. The number of methoxy groups -OCH3 is 3. The smallest absolute Gasteiger partial charge is 0.246 e. The Morgan fingerprint density at radius 3 is 2.30 bits per heavy atom. The van der Waals surface area contributed by atoms with Crippen molar-refractivity contribution in [1.82, 2.24) is 19.8 Å². The first-order chi connectivity index (χ1) is 22.3. The number of piperazine rings is 1. The highest BCUT2D eigenvalue weighted by Crippen LogP contribution is 2.41. The third-order valence-electron chi connectivity index (χ3n) is 8.41. The number of carbonyl (C=O) groups excluding carboxylic acids is 3. The molecule has 11 heteroatoms. The molecule has 3 aromatic carbocycles. The minimum atomic E-state index is -0.891. The first-order valence-electron chi connectivity index (χ1n) is 15.2. The highest BCUT2D eigenvalue weighted by Gasteiger charge is 2.51. The Morgan fingerprint density at radius 1 is 0.935 bits per heavy atom. The van der Waals surface area contributed by atoms with E-state index in [0.29, 0.717) is 29.2 Å². The molecule has 2 aliphatic rings. The van der Waals surface area contributed by atoms with E-state index in [1.807, 2.05) is 36.4 Å². The molecule has 3 amide bonds. The van der Waals surface area contributed by atoms with Crippen molar-refractivity contribution < 1.29 is 33.7 Å². The molecule has 2 aliphatic heterocycles. The van der Waals surface area contributed by atoms with Gasteiger partial charge in [0.05, 0.1) is 34.4 Å². The van der Waals surface area contributed by atoms with Crippen molar-refractivity contribution in [2.75, 3.05) is 41.0 Å². The molecule has 46 heavy (non-hydrogen) atoms. The van der Waals surface area contributed by atoms with Gasteiger partial charge in [0, 0.05) is 31.5 Å². The number of phenolic OH excluding ortho intramolecular Hbond substituents is 1. The van der Waals surface area contributed by atoms with Crippen LogP contribution in [0.3, 0.4) is 0 Å². The van der Waals surface area contributed by atoms with Gasteiger partial charge < -0.3 is 29.1 Å². The number of nitrogens with zero attached hydrogens (tertiary/aromatic N) is 4. The van der Waals surface area contributed by atoms with E-state index in [-0.39, 0.29) is 62.5 Å². The number of carbonyl (C=O) groups is 3. The van der Waals surface area contributed by atoms with E-state index >= 15 is 0 Å². The van der Waals surface area contributed by atoms with Gasteiger partial charge in [-0.05, 0) is 41.8 Å². The Bertz CT molecular complexity index is 1560. The lowest BCUT2D eigenvalue weighted by Gasteiger charge is -2.55. The maximum absolute atomic E-state index is 14.3. The van der Waals surface area contributed by atoms with Crippen molar-refractivity contribution in [3.05, 3.63) is 96.1 Å². The van der Waals surface area contributed by atoms with Crippen molar-refractivity contribution in [1.29, 1.82) is 0 Å². The van der Waals surface area contributed by atoms with Crippen LogP contribution in [0, 0.1) is 0 Å². The third kappa shape index (κ3) is 6.64. The zero-order valence-corrected chi connectivity index (χ0v) is 26.4. The lowest BCUT2D eigenvalue weighted by atomic mass is 9.97. The van der Waals surface area contributed by atoms with Crippen LogP contribution in [0.15, 0.2) is 79.4 Å². The van der Waals surface area contributed by atoms with Crippen LogP contribution in [0.4, 0.5) is 0 Å². The maximum atomic E-state index is 14.3. The van der Waals surface area contributed by atoms with Crippen LogP contribution in [0.25, 0.3) is 0 Å². The van der Waals surface area contributed by atoms with Crippen molar-refractivity contribution in [2.45, 2.75) is 38.0 Å². The van der Waals surface area contributed by atoms with Gasteiger partial charge in [-0.3, -0.25) is 14.4 Å². The average molecular weight is 629 g/mol. The third-order valence-corrected chi connectivity index (χ3v) is 8.41. The summed E-state index contributed by atoms with van der Waals surface area (Å²) in [5.41, 5.74) is 2.48. The van der Waals surface area contributed by atoms with Gasteiger partial charge in [0.25, 0.3) is 0 Å². The number of fused-ring (bicyclic) bond motifs is 1. The largest absolute Gasteiger partial charge is 0.508 e. The molecule has 0 saturated carbocycles. The summed E-state index contributed by atoms with van der Waals surface area (Å²) in [4.78, 5) is 45.4. The predicted octanol–water partition coefficient (Wildman–Crippen LogP) is 3.40. The number of rotatable bonds is 12. The summed E-state index contributed by atoms with van der Waals surface area (Å²) >= 11 is 0. The molecule has 3 aromatic rings. The number of ether oxygens (including phenoxy) is 3. The number of amides is 3. The summed E-state index contributed by atoms with van der Waals surface area (Å²) in [5.74, 6) is 0.742.